The van der Waals surface area contributed by atoms with Crippen LogP contribution in [0.5, 0.6) is 0 Å². The summed E-state index contributed by atoms with van der Waals surface area (Å²) in [5.41, 5.74) is 5.39. The van der Waals surface area contributed by atoms with Crippen molar-refractivity contribution in [3.8, 4) is 11.1 Å². The van der Waals surface area contributed by atoms with Gasteiger partial charge in [0.05, 0.1) is 0 Å². The molecule has 2 N–H and O–H groups in total. The zero-order valence-electron chi connectivity index (χ0n) is 20.7. The van der Waals surface area contributed by atoms with E-state index in [1.54, 1.807) is 12.2 Å². The van der Waals surface area contributed by atoms with Gasteiger partial charge in [-0.2, -0.15) is 0 Å². The van der Waals surface area contributed by atoms with Crippen molar-refractivity contribution in [2.45, 2.75) is 27.7 Å². The summed E-state index contributed by atoms with van der Waals surface area (Å²) in [4.78, 5) is 24.6. The second-order valence-corrected chi connectivity index (χ2v) is 8.60. The lowest BCUT2D eigenvalue weighted by atomic mass is 10.00. The van der Waals surface area contributed by atoms with Gasteiger partial charge in [-0.1, -0.05) is 12.1 Å². The fourth-order valence-electron chi connectivity index (χ4n) is 3.72. The molecule has 4 rings (SSSR count). The molecule has 36 heavy (non-hydrogen) atoms. The minimum Gasteiger partial charge on any atom is -0.462 e. The number of carbonyl (C=O) groups excluding carboxylic acids is 2. The number of aryl methyl sites for hydroxylation is 4. The smallest absolute Gasteiger partial charge is 0.248 e. The lowest BCUT2D eigenvalue weighted by molar-refractivity contribution is -0.112. The number of anilines is 2. The van der Waals surface area contributed by atoms with Crippen LogP contribution in [0.1, 0.15) is 34.2 Å². The SMILES string of the molecule is Cc1ccc(/C=C/C(=O)Nc2ccc(-c3ccc(NC(=O)/C=C/c4ccc(C)o4)c(C)c3)cc2C)o1. The van der Waals surface area contributed by atoms with Crippen molar-refractivity contribution in [2.24, 2.45) is 0 Å². The molecule has 0 atom stereocenters. The van der Waals surface area contributed by atoms with Crippen LogP contribution >= 0.6 is 0 Å². The molecule has 0 unspecified atom stereocenters. The van der Waals surface area contributed by atoms with E-state index >= 15 is 0 Å². The lowest BCUT2D eigenvalue weighted by Crippen LogP contribution is -2.09. The van der Waals surface area contributed by atoms with E-state index < -0.39 is 0 Å². The third-order valence-corrected chi connectivity index (χ3v) is 5.62. The summed E-state index contributed by atoms with van der Waals surface area (Å²) in [6.45, 7) is 7.62. The number of furan rings is 2. The zero-order valence-corrected chi connectivity index (χ0v) is 20.7. The summed E-state index contributed by atoms with van der Waals surface area (Å²) in [5.74, 6) is 2.40. The Balaban J connectivity index is 1.40. The summed E-state index contributed by atoms with van der Waals surface area (Å²) in [7, 11) is 0. The fourth-order valence-corrected chi connectivity index (χ4v) is 3.72. The van der Waals surface area contributed by atoms with Crippen molar-refractivity contribution in [3.63, 3.8) is 0 Å². The monoisotopic (exact) mass is 480 g/mol. The van der Waals surface area contributed by atoms with Crippen molar-refractivity contribution < 1.29 is 18.4 Å². The minimum atomic E-state index is -0.230. The quantitative estimate of drug-likeness (QED) is 0.277. The predicted molar refractivity (Wildman–Crippen MR) is 144 cm³/mol. The van der Waals surface area contributed by atoms with E-state index in [1.807, 2.05) is 88.4 Å². The van der Waals surface area contributed by atoms with Gasteiger partial charge < -0.3 is 19.5 Å². The Morgan fingerprint density at radius 3 is 1.36 bits per heavy atom. The van der Waals surface area contributed by atoms with Crippen molar-refractivity contribution in [1.82, 2.24) is 0 Å². The number of hydrogen-bond donors (Lipinski definition) is 2. The molecule has 4 aromatic rings. The molecular weight excluding hydrogens is 452 g/mol. The highest BCUT2D eigenvalue weighted by Crippen LogP contribution is 2.28. The van der Waals surface area contributed by atoms with Crippen LogP contribution in [-0.2, 0) is 9.59 Å². The first-order valence-electron chi connectivity index (χ1n) is 11.6. The molecular formula is C30H28N2O4. The van der Waals surface area contributed by atoms with Crippen molar-refractivity contribution in [3.05, 3.63) is 107 Å². The second-order valence-electron chi connectivity index (χ2n) is 8.60. The van der Waals surface area contributed by atoms with Crippen molar-refractivity contribution in [2.75, 3.05) is 10.6 Å². The molecule has 0 saturated carbocycles. The van der Waals surface area contributed by atoms with Crippen LogP contribution in [-0.4, -0.2) is 11.8 Å². The third-order valence-electron chi connectivity index (χ3n) is 5.62. The van der Waals surface area contributed by atoms with Crippen LogP contribution in [0.4, 0.5) is 11.4 Å². The summed E-state index contributed by atoms with van der Waals surface area (Å²) in [5, 5.41) is 5.81. The second kappa shape index (κ2) is 10.8. The molecule has 0 aliphatic heterocycles. The Labute approximate surface area is 210 Å². The average Bonchev–Trinajstić information content (AvgIpc) is 3.46. The molecule has 2 aromatic heterocycles. The zero-order chi connectivity index (χ0) is 25.7. The number of rotatable bonds is 7. The molecule has 0 fully saturated rings. The minimum absolute atomic E-state index is 0.230. The van der Waals surface area contributed by atoms with E-state index in [0.717, 1.165) is 45.1 Å². The van der Waals surface area contributed by atoms with Gasteiger partial charge in [0, 0.05) is 23.5 Å². The van der Waals surface area contributed by atoms with Gasteiger partial charge in [-0.05, 0) is 111 Å². The molecule has 6 nitrogen and oxygen atoms in total. The van der Waals surface area contributed by atoms with E-state index in [-0.39, 0.29) is 11.8 Å². The average molecular weight is 481 g/mol. The van der Waals surface area contributed by atoms with Crippen LogP contribution in [0.3, 0.4) is 0 Å². The highest BCUT2D eigenvalue weighted by molar-refractivity contribution is 6.03. The summed E-state index contributed by atoms with van der Waals surface area (Å²) >= 11 is 0. The predicted octanol–water partition coefficient (Wildman–Crippen LogP) is 7.08. The van der Waals surface area contributed by atoms with Crippen LogP contribution < -0.4 is 10.6 Å². The largest absolute Gasteiger partial charge is 0.462 e. The Bertz CT molecular complexity index is 1360. The van der Waals surface area contributed by atoms with Gasteiger partial charge in [-0.25, -0.2) is 0 Å². The molecule has 0 aliphatic carbocycles. The number of benzene rings is 2. The van der Waals surface area contributed by atoms with Crippen LogP contribution in [0.2, 0.25) is 0 Å². The standard InChI is InChI=1S/C30H28N2O4/c1-19-17-23(7-13-27(19)31-29(33)15-11-25-9-5-21(3)35-25)24-8-14-28(20(2)18-24)32-30(34)16-12-26-10-6-22(4)36-26/h5-18H,1-4H3,(H,31,33)(H,32,34)/b15-11+,16-12+. The van der Waals surface area contributed by atoms with Crippen LogP contribution in [0, 0.1) is 27.7 Å². The highest BCUT2D eigenvalue weighted by atomic mass is 16.3. The molecule has 182 valence electrons. The normalized spacial score (nSPS) is 11.3. The van der Waals surface area contributed by atoms with E-state index in [9.17, 15) is 9.59 Å². The summed E-state index contributed by atoms with van der Waals surface area (Å²) in [6.07, 6.45) is 6.19. The first kappa shape index (κ1) is 24.5. The Kier molecular flexibility index (Phi) is 7.35. The van der Waals surface area contributed by atoms with E-state index in [0.29, 0.717) is 11.5 Å². The van der Waals surface area contributed by atoms with E-state index in [2.05, 4.69) is 10.6 Å². The number of hydrogen-bond acceptors (Lipinski definition) is 4. The topological polar surface area (TPSA) is 84.5 Å². The van der Waals surface area contributed by atoms with Gasteiger partial charge >= 0.3 is 0 Å². The maximum absolute atomic E-state index is 12.3. The van der Waals surface area contributed by atoms with Gasteiger partial charge in [-0.3, -0.25) is 9.59 Å². The van der Waals surface area contributed by atoms with E-state index in [4.69, 9.17) is 8.83 Å². The maximum atomic E-state index is 12.3. The van der Waals surface area contributed by atoms with Gasteiger partial charge in [-0.15, -0.1) is 0 Å². The van der Waals surface area contributed by atoms with Crippen molar-refractivity contribution >= 4 is 35.3 Å². The number of amides is 2. The molecule has 0 bridgehead atoms. The molecule has 2 heterocycles. The molecule has 2 amide bonds. The van der Waals surface area contributed by atoms with Gasteiger partial charge in [0.1, 0.15) is 23.0 Å². The molecule has 0 saturated heterocycles. The van der Waals surface area contributed by atoms with E-state index in [1.165, 1.54) is 12.2 Å². The summed E-state index contributed by atoms with van der Waals surface area (Å²) < 4.78 is 10.9. The van der Waals surface area contributed by atoms with Gasteiger partial charge in [0.25, 0.3) is 0 Å². The van der Waals surface area contributed by atoms with Crippen LogP contribution in [0.15, 0.2) is 81.7 Å². The molecule has 0 spiro atoms. The first-order valence-corrected chi connectivity index (χ1v) is 11.6. The number of nitrogens with one attached hydrogen (secondary N) is 2. The summed E-state index contributed by atoms with van der Waals surface area (Å²) in [6, 6.07) is 19.1. The molecule has 2 aromatic carbocycles. The van der Waals surface area contributed by atoms with Crippen LogP contribution in [0.25, 0.3) is 23.3 Å². The Morgan fingerprint density at radius 2 is 1.03 bits per heavy atom. The lowest BCUT2D eigenvalue weighted by Gasteiger charge is -2.12. The third kappa shape index (κ3) is 6.30. The molecule has 0 radical (unpaired) electrons. The highest BCUT2D eigenvalue weighted by Gasteiger charge is 2.08. The van der Waals surface area contributed by atoms with Gasteiger partial charge in [0.2, 0.25) is 11.8 Å². The Morgan fingerprint density at radius 1 is 0.611 bits per heavy atom. The molecule has 0 aliphatic rings. The maximum Gasteiger partial charge on any atom is 0.248 e. The number of carbonyl (C=O) groups is 2. The Hall–Kier alpha value is -4.58. The molecule has 6 heteroatoms. The van der Waals surface area contributed by atoms with Gasteiger partial charge in [0.15, 0.2) is 0 Å². The fraction of sp³-hybridized carbons (Fsp3) is 0.133. The van der Waals surface area contributed by atoms with Crippen molar-refractivity contribution in [1.29, 1.82) is 0 Å². The first-order chi connectivity index (χ1) is 17.3.